The van der Waals surface area contributed by atoms with E-state index in [1.54, 1.807) is 13.8 Å². The molecule has 0 aromatic rings. The van der Waals surface area contributed by atoms with Gasteiger partial charge in [-0.15, -0.1) is 0 Å². The highest BCUT2D eigenvalue weighted by Crippen LogP contribution is 2.36. The van der Waals surface area contributed by atoms with Crippen molar-refractivity contribution in [2.24, 2.45) is 5.41 Å². The van der Waals surface area contributed by atoms with E-state index >= 15 is 0 Å². The molecule has 1 fully saturated rings. The summed E-state index contributed by atoms with van der Waals surface area (Å²) in [4.78, 5) is 0. The zero-order chi connectivity index (χ0) is 9.24. The third-order valence-electron chi connectivity index (χ3n) is 2.87. The number of hydrogen-bond donors (Lipinski definition) is 2. The third-order valence-corrected chi connectivity index (χ3v) is 2.87. The number of aliphatic hydroxyl groups is 1. The highest BCUT2D eigenvalue weighted by molar-refractivity contribution is 5.07. The van der Waals surface area contributed by atoms with Gasteiger partial charge in [0.1, 0.15) is 0 Å². The topological polar surface area (TPSA) is 56.0 Å². The number of rotatable bonds is 1. The maximum Gasteiger partial charge on any atom is 0.0852 e. The maximum atomic E-state index is 10.1. The molecule has 0 unspecified atom stereocenters. The Morgan fingerprint density at radius 3 is 2.33 bits per heavy atom. The zero-order valence-electron chi connectivity index (χ0n) is 7.72. The first-order chi connectivity index (χ1) is 5.52. The van der Waals surface area contributed by atoms with Gasteiger partial charge in [-0.05, 0) is 39.8 Å². The Kier molecular flexibility index (Phi) is 2.41. The van der Waals surface area contributed by atoms with Crippen LogP contribution < -0.4 is 5.32 Å². The molecule has 1 heterocycles. The average Bonchev–Trinajstić information content (AvgIpc) is 2.06. The first kappa shape index (κ1) is 9.50. The molecule has 1 aliphatic rings. The van der Waals surface area contributed by atoms with Gasteiger partial charge in [0.25, 0.3) is 0 Å². The number of hydrogen-bond acceptors (Lipinski definition) is 3. The summed E-state index contributed by atoms with van der Waals surface area (Å²) in [5, 5.41) is 22.2. The van der Waals surface area contributed by atoms with E-state index in [0.29, 0.717) is 12.8 Å². The molecule has 0 aromatic carbocycles. The first-order valence-corrected chi connectivity index (χ1v) is 4.36. The maximum absolute atomic E-state index is 10.1. The van der Waals surface area contributed by atoms with Gasteiger partial charge in [0.2, 0.25) is 0 Å². The number of piperidine rings is 1. The Hall–Kier alpha value is -0.590. The molecule has 1 saturated heterocycles. The lowest BCUT2D eigenvalue weighted by Crippen LogP contribution is -2.51. The van der Waals surface area contributed by atoms with Gasteiger partial charge in [-0.2, -0.15) is 5.26 Å². The molecule has 1 rings (SSSR count). The molecule has 68 valence electrons. The van der Waals surface area contributed by atoms with Crippen molar-refractivity contribution in [2.45, 2.75) is 32.3 Å². The van der Waals surface area contributed by atoms with Crippen molar-refractivity contribution >= 4 is 0 Å². The second-order valence-electron chi connectivity index (χ2n) is 4.02. The zero-order valence-corrected chi connectivity index (χ0v) is 7.72. The highest BCUT2D eigenvalue weighted by atomic mass is 16.3. The molecule has 2 N–H and O–H groups in total. The SMILES string of the molecule is CC(C)(C#N)C1(O)CCNCC1. The normalized spacial score (nSPS) is 23.2. The summed E-state index contributed by atoms with van der Waals surface area (Å²) in [6, 6.07) is 2.17. The second kappa shape index (κ2) is 3.04. The predicted molar refractivity (Wildman–Crippen MR) is 46.4 cm³/mol. The standard InChI is InChI=1S/C9H16N2O/c1-8(2,7-10)9(12)3-5-11-6-4-9/h11-12H,3-6H2,1-2H3. The van der Waals surface area contributed by atoms with E-state index in [1.807, 2.05) is 0 Å². The fourth-order valence-corrected chi connectivity index (χ4v) is 1.57. The van der Waals surface area contributed by atoms with E-state index in [2.05, 4.69) is 11.4 Å². The molecular formula is C9H16N2O. The molecule has 3 heteroatoms. The number of nitrogens with zero attached hydrogens (tertiary/aromatic N) is 1. The summed E-state index contributed by atoms with van der Waals surface area (Å²) in [6.07, 6.45) is 1.35. The lowest BCUT2D eigenvalue weighted by atomic mass is 9.71. The summed E-state index contributed by atoms with van der Waals surface area (Å²) in [7, 11) is 0. The largest absolute Gasteiger partial charge is 0.388 e. The smallest absolute Gasteiger partial charge is 0.0852 e. The van der Waals surface area contributed by atoms with Gasteiger partial charge in [-0.3, -0.25) is 0 Å². The first-order valence-electron chi connectivity index (χ1n) is 4.36. The average molecular weight is 168 g/mol. The lowest BCUT2D eigenvalue weighted by Gasteiger charge is -2.41. The number of nitrogens with one attached hydrogen (secondary N) is 1. The van der Waals surface area contributed by atoms with Crippen LogP contribution in [0.5, 0.6) is 0 Å². The summed E-state index contributed by atoms with van der Waals surface area (Å²) in [6.45, 7) is 5.22. The van der Waals surface area contributed by atoms with Crippen molar-refractivity contribution in [3.63, 3.8) is 0 Å². The van der Waals surface area contributed by atoms with Crippen LogP contribution >= 0.6 is 0 Å². The lowest BCUT2D eigenvalue weighted by molar-refractivity contribution is -0.0619. The highest BCUT2D eigenvalue weighted by Gasteiger charge is 2.44. The monoisotopic (exact) mass is 168 g/mol. The minimum atomic E-state index is -0.799. The van der Waals surface area contributed by atoms with Gasteiger partial charge in [-0.25, -0.2) is 0 Å². The van der Waals surface area contributed by atoms with Crippen LogP contribution in [0.15, 0.2) is 0 Å². The van der Waals surface area contributed by atoms with E-state index in [4.69, 9.17) is 5.26 Å². The fraction of sp³-hybridized carbons (Fsp3) is 0.889. The summed E-state index contributed by atoms with van der Waals surface area (Å²) < 4.78 is 0. The molecule has 0 radical (unpaired) electrons. The molecular weight excluding hydrogens is 152 g/mol. The van der Waals surface area contributed by atoms with Crippen molar-refractivity contribution in [1.82, 2.24) is 5.32 Å². The van der Waals surface area contributed by atoms with Crippen molar-refractivity contribution in [3.05, 3.63) is 0 Å². The van der Waals surface area contributed by atoms with Crippen molar-refractivity contribution in [3.8, 4) is 6.07 Å². The third kappa shape index (κ3) is 1.45. The number of nitriles is 1. The summed E-state index contributed by atoms with van der Waals surface area (Å²) in [5.41, 5.74) is -1.43. The Labute approximate surface area is 73.4 Å². The molecule has 12 heavy (non-hydrogen) atoms. The van der Waals surface area contributed by atoms with Crippen LogP contribution in [0.1, 0.15) is 26.7 Å². The van der Waals surface area contributed by atoms with Crippen LogP contribution in [0.2, 0.25) is 0 Å². The van der Waals surface area contributed by atoms with E-state index in [1.165, 1.54) is 0 Å². The molecule has 0 amide bonds. The van der Waals surface area contributed by atoms with Crippen molar-refractivity contribution in [1.29, 1.82) is 5.26 Å². The van der Waals surface area contributed by atoms with Crippen LogP contribution in [0.3, 0.4) is 0 Å². The van der Waals surface area contributed by atoms with Gasteiger partial charge in [0, 0.05) is 0 Å². The van der Waals surface area contributed by atoms with Crippen molar-refractivity contribution in [2.75, 3.05) is 13.1 Å². The minimum absolute atomic E-state index is 0.630. The van der Waals surface area contributed by atoms with Gasteiger partial charge in [0.15, 0.2) is 0 Å². The van der Waals surface area contributed by atoms with Gasteiger partial charge in [-0.1, -0.05) is 0 Å². The Bertz CT molecular complexity index is 199. The molecule has 3 nitrogen and oxygen atoms in total. The Morgan fingerprint density at radius 2 is 1.92 bits per heavy atom. The molecule has 0 bridgehead atoms. The van der Waals surface area contributed by atoms with E-state index in [9.17, 15) is 5.11 Å². The molecule has 0 aromatic heterocycles. The van der Waals surface area contributed by atoms with Crippen LogP contribution in [0, 0.1) is 16.7 Å². The van der Waals surface area contributed by atoms with Gasteiger partial charge < -0.3 is 10.4 Å². The Balaban J connectivity index is 2.76. The molecule has 0 atom stereocenters. The van der Waals surface area contributed by atoms with Gasteiger partial charge >= 0.3 is 0 Å². The summed E-state index contributed by atoms with van der Waals surface area (Å²) in [5.74, 6) is 0. The Morgan fingerprint density at radius 1 is 1.42 bits per heavy atom. The van der Waals surface area contributed by atoms with E-state index < -0.39 is 11.0 Å². The van der Waals surface area contributed by atoms with Crippen LogP contribution in [-0.4, -0.2) is 23.8 Å². The van der Waals surface area contributed by atoms with Gasteiger partial charge in [0.05, 0.1) is 17.1 Å². The van der Waals surface area contributed by atoms with Crippen LogP contribution in [0.4, 0.5) is 0 Å². The minimum Gasteiger partial charge on any atom is -0.388 e. The quantitative estimate of drug-likeness (QED) is 0.604. The van der Waals surface area contributed by atoms with Crippen molar-refractivity contribution < 1.29 is 5.11 Å². The second-order valence-corrected chi connectivity index (χ2v) is 4.02. The van der Waals surface area contributed by atoms with Crippen LogP contribution in [0.25, 0.3) is 0 Å². The molecule has 0 saturated carbocycles. The summed E-state index contributed by atoms with van der Waals surface area (Å²) >= 11 is 0. The van der Waals surface area contributed by atoms with Crippen LogP contribution in [-0.2, 0) is 0 Å². The van der Waals surface area contributed by atoms with E-state index in [0.717, 1.165) is 13.1 Å². The fourth-order valence-electron chi connectivity index (χ4n) is 1.57. The molecule has 0 aliphatic carbocycles. The predicted octanol–water partition coefficient (Wildman–Crippen LogP) is 0.651. The molecule has 0 spiro atoms. The molecule has 1 aliphatic heterocycles. The van der Waals surface area contributed by atoms with E-state index in [-0.39, 0.29) is 0 Å².